The van der Waals surface area contributed by atoms with E-state index in [9.17, 15) is 14.7 Å². The quantitative estimate of drug-likeness (QED) is 0.880. The van der Waals surface area contributed by atoms with Crippen molar-refractivity contribution in [1.29, 1.82) is 0 Å². The Hall–Kier alpha value is -1.59. The molecule has 0 radical (unpaired) electrons. The Kier molecular flexibility index (Phi) is 4.85. The molecule has 1 aliphatic heterocycles. The molecule has 1 heterocycles. The van der Waals surface area contributed by atoms with Crippen molar-refractivity contribution in [2.75, 3.05) is 13.1 Å². The van der Waals surface area contributed by atoms with Crippen molar-refractivity contribution in [2.45, 2.75) is 26.0 Å². The van der Waals surface area contributed by atoms with Gasteiger partial charge in [0.25, 0.3) is 5.91 Å². The molecule has 5 nitrogen and oxygen atoms in total. The lowest BCUT2D eigenvalue weighted by atomic mass is 10.00. The fourth-order valence-corrected chi connectivity index (χ4v) is 2.43. The van der Waals surface area contributed by atoms with E-state index in [1.165, 1.54) is 0 Å². The molecule has 1 atom stereocenters. The van der Waals surface area contributed by atoms with E-state index in [4.69, 9.17) is 11.6 Å². The summed E-state index contributed by atoms with van der Waals surface area (Å²) in [7, 11) is 0. The first kappa shape index (κ1) is 15.8. The SMILES string of the molecule is CC(C)C(NC(=O)c1ccccc1Cl)C(=O)N1CC(O)C1. The Balaban J connectivity index is 2.08. The molecule has 2 rings (SSSR count). The van der Waals surface area contributed by atoms with Gasteiger partial charge in [0.05, 0.1) is 16.7 Å². The number of benzene rings is 1. The molecule has 2 amide bonds. The van der Waals surface area contributed by atoms with Crippen molar-refractivity contribution in [3.8, 4) is 0 Å². The number of rotatable bonds is 4. The van der Waals surface area contributed by atoms with Gasteiger partial charge in [-0.2, -0.15) is 0 Å². The maximum absolute atomic E-state index is 12.3. The van der Waals surface area contributed by atoms with Crippen molar-refractivity contribution in [2.24, 2.45) is 5.92 Å². The summed E-state index contributed by atoms with van der Waals surface area (Å²) in [6.45, 7) is 4.38. The lowest BCUT2D eigenvalue weighted by molar-refractivity contribution is -0.144. The number of likely N-dealkylation sites (tertiary alicyclic amines) is 1. The molecule has 21 heavy (non-hydrogen) atoms. The zero-order valence-corrected chi connectivity index (χ0v) is 12.8. The number of amides is 2. The Bertz CT molecular complexity index is 541. The summed E-state index contributed by atoms with van der Waals surface area (Å²) in [6.07, 6.45) is -0.457. The summed E-state index contributed by atoms with van der Waals surface area (Å²) in [5, 5.41) is 12.4. The van der Waals surface area contributed by atoms with Crippen LogP contribution in [0.25, 0.3) is 0 Å². The van der Waals surface area contributed by atoms with Gasteiger partial charge in [0.1, 0.15) is 6.04 Å². The standard InChI is InChI=1S/C15H19ClN2O3/c1-9(2)13(15(21)18-7-10(19)8-18)17-14(20)11-5-3-4-6-12(11)16/h3-6,9-10,13,19H,7-8H2,1-2H3,(H,17,20). The number of hydrogen-bond donors (Lipinski definition) is 2. The van der Waals surface area contributed by atoms with Gasteiger partial charge in [0, 0.05) is 13.1 Å². The lowest BCUT2D eigenvalue weighted by Gasteiger charge is -2.39. The van der Waals surface area contributed by atoms with Crippen LogP contribution in [0, 0.1) is 5.92 Å². The van der Waals surface area contributed by atoms with Crippen LogP contribution in [0.2, 0.25) is 5.02 Å². The summed E-state index contributed by atoms with van der Waals surface area (Å²) in [4.78, 5) is 26.1. The largest absolute Gasteiger partial charge is 0.389 e. The maximum Gasteiger partial charge on any atom is 0.253 e. The molecule has 6 heteroatoms. The molecule has 114 valence electrons. The van der Waals surface area contributed by atoms with Crippen molar-refractivity contribution >= 4 is 23.4 Å². The van der Waals surface area contributed by atoms with Crippen molar-refractivity contribution in [1.82, 2.24) is 10.2 Å². The van der Waals surface area contributed by atoms with Crippen LogP contribution in [0.1, 0.15) is 24.2 Å². The normalized spacial score (nSPS) is 16.5. The lowest BCUT2D eigenvalue weighted by Crippen LogP contribution is -2.60. The third kappa shape index (κ3) is 3.54. The third-order valence-corrected chi connectivity index (χ3v) is 3.84. The Morgan fingerprint density at radius 2 is 1.95 bits per heavy atom. The minimum absolute atomic E-state index is 0.0540. The number of β-amino-alcohol motifs (C(OH)–C–C–N with tert-alkyl or cyclic N) is 1. The number of halogens is 1. The molecule has 0 spiro atoms. The number of aliphatic hydroxyl groups excluding tert-OH is 1. The van der Waals surface area contributed by atoms with E-state index < -0.39 is 12.1 Å². The first-order valence-electron chi connectivity index (χ1n) is 6.92. The van der Waals surface area contributed by atoms with Gasteiger partial charge in [-0.15, -0.1) is 0 Å². The van der Waals surface area contributed by atoms with E-state index in [0.717, 1.165) is 0 Å². The summed E-state index contributed by atoms with van der Waals surface area (Å²) >= 11 is 5.99. The van der Waals surface area contributed by atoms with E-state index in [1.807, 2.05) is 13.8 Å². The molecule has 0 aromatic heterocycles. The van der Waals surface area contributed by atoms with E-state index >= 15 is 0 Å². The first-order valence-corrected chi connectivity index (χ1v) is 7.30. The van der Waals surface area contributed by atoms with Crippen LogP contribution in [0.5, 0.6) is 0 Å². The smallest absolute Gasteiger partial charge is 0.253 e. The maximum atomic E-state index is 12.3. The fraction of sp³-hybridized carbons (Fsp3) is 0.467. The second-order valence-corrected chi connectivity index (χ2v) is 5.98. The zero-order valence-electron chi connectivity index (χ0n) is 12.0. The summed E-state index contributed by atoms with van der Waals surface area (Å²) in [5.74, 6) is -0.592. The Labute approximate surface area is 128 Å². The van der Waals surface area contributed by atoms with E-state index in [-0.39, 0.29) is 17.7 Å². The molecular formula is C15H19ClN2O3. The molecule has 1 aromatic rings. The summed E-state index contributed by atoms with van der Waals surface area (Å²) < 4.78 is 0. The molecular weight excluding hydrogens is 292 g/mol. The van der Waals surface area contributed by atoms with Crippen LogP contribution in [0.3, 0.4) is 0 Å². The van der Waals surface area contributed by atoms with E-state index in [1.54, 1.807) is 29.2 Å². The van der Waals surface area contributed by atoms with Crippen LogP contribution < -0.4 is 5.32 Å². The number of hydrogen-bond acceptors (Lipinski definition) is 3. The highest BCUT2D eigenvalue weighted by Gasteiger charge is 2.35. The van der Waals surface area contributed by atoms with Crippen molar-refractivity contribution < 1.29 is 14.7 Å². The molecule has 2 N–H and O–H groups in total. The predicted octanol–water partition coefficient (Wildman–Crippen LogP) is 1.30. The van der Waals surface area contributed by atoms with Gasteiger partial charge in [0.2, 0.25) is 5.91 Å². The number of carbonyl (C=O) groups is 2. The van der Waals surface area contributed by atoms with Crippen LogP contribution in [-0.4, -0.2) is 47.1 Å². The fourth-order valence-electron chi connectivity index (χ4n) is 2.21. The van der Waals surface area contributed by atoms with Crippen LogP contribution in [-0.2, 0) is 4.79 Å². The van der Waals surface area contributed by atoms with Gasteiger partial charge >= 0.3 is 0 Å². The molecule has 1 unspecified atom stereocenters. The second kappa shape index (κ2) is 6.45. The molecule has 1 fully saturated rings. The van der Waals surface area contributed by atoms with Crippen LogP contribution in [0.4, 0.5) is 0 Å². The topological polar surface area (TPSA) is 69.6 Å². The molecule has 1 aliphatic rings. The second-order valence-electron chi connectivity index (χ2n) is 5.57. The number of carbonyl (C=O) groups excluding carboxylic acids is 2. The summed E-state index contributed by atoms with van der Waals surface area (Å²) in [6, 6.07) is 6.09. The Morgan fingerprint density at radius 1 is 1.33 bits per heavy atom. The van der Waals surface area contributed by atoms with Gasteiger partial charge in [-0.3, -0.25) is 9.59 Å². The number of nitrogens with zero attached hydrogens (tertiary/aromatic N) is 1. The van der Waals surface area contributed by atoms with Gasteiger partial charge < -0.3 is 15.3 Å². The third-order valence-electron chi connectivity index (χ3n) is 3.51. The minimum Gasteiger partial charge on any atom is -0.389 e. The zero-order chi connectivity index (χ0) is 15.6. The highest BCUT2D eigenvalue weighted by Crippen LogP contribution is 2.17. The highest BCUT2D eigenvalue weighted by atomic mass is 35.5. The number of aliphatic hydroxyl groups is 1. The minimum atomic E-state index is -0.624. The van der Waals surface area contributed by atoms with Crippen molar-refractivity contribution in [3.63, 3.8) is 0 Å². The molecule has 0 saturated carbocycles. The molecule has 0 aliphatic carbocycles. The van der Waals surface area contributed by atoms with Gasteiger partial charge in [-0.25, -0.2) is 0 Å². The van der Waals surface area contributed by atoms with Crippen LogP contribution >= 0.6 is 11.6 Å². The van der Waals surface area contributed by atoms with Gasteiger partial charge in [-0.05, 0) is 18.1 Å². The number of nitrogens with one attached hydrogen (secondary N) is 1. The van der Waals surface area contributed by atoms with E-state index in [2.05, 4.69) is 5.32 Å². The monoisotopic (exact) mass is 310 g/mol. The molecule has 1 saturated heterocycles. The van der Waals surface area contributed by atoms with Crippen molar-refractivity contribution in [3.05, 3.63) is 34.9 Å². The molecule has 0 bridgehead atoms. The first-order chi connectivity index (χ1) is 9.90. The average Bonchev–Trinajstić information content (AvgIpc) is 2.40. The highest BCUT2D eigenvalue weighted by molar-refractivity contribution is 6.33. The van der Waals surface area contributed by atoms with E-state index in [0.29, 0.717) is 23.7 Å². The predicted molar refractivity (Wildman–Crippen MR) is 80.1 cm³/mol. The molecule has 1 aromatic carbocycles. The average molecular weight is 311 g/mol. The summed E-state index contributed by atoms with van der Waals surface area (Å²) in [5.41, 5.74) is 0.348. The van der Waals surface area contributed by atoms with Gasteiger partial charge in [0.15, 0.2) is 0 Å². The Morgan fingerprint density at radius 3 is 2.48 bits per heavy atom. The van der Waals surface area contributed by atoms with Gasteiger partial charge in [-0.1, -0.05) is 37.6 Å². The van der Waals surface area contributed by atoms with Crippen LogP contribution in [0.15, 0.2) is 24.3 Å².